The number of methoxy groups -OCH3 is 1. The highest BCUT2D eigenvalue weighted by atomic mass is 16.5. The number of rotatable bonds is 6. The van der Waals surface area contributed by atoms with Gasteiger partial charge in [0.1, 0.15) is 0 Å². The predicted molar refractivity (Wildman–Crippen MR) is 62.0 cm³/mol. The minimum atomic E-state index is 0.487. The molecule has 2 rings (SSSR count). The highest BCUT2D eigenvalue weighted by Crippen LogP contribution is 2.30. The van der Waals surface area contributed by atoms with Crippen LogP contribution in [0.4, 0.5) is 0 Å². The van der Waals surface area contributed by atoms with Crippen molar-refractivity contribution in [3.8, 4) is 0 Å². The molecule has 2 fully saturated rings. The van der Waals surface area contributed by atoms with Crippen LogP contribution < -0.4 is 5.32 Å². The van der Waals surface area contributed by atoms with Gasteiger partial charge in [-0.1, -0.05) is 0 Å². The molecule has 2 aliphatic rings. The Labute approximate surface area is 93.2 Å². The first-order valence-corrected chi connectivity index (χ1v) is 6.25. The maximum atomic E-state index is 5.14. The molecule has 2 unspecified atom stereocenters. The van der Waals surface area contributed by atoms with Crippen LogP contribution in [0.3, 0.4) is 0 Å². The van der Waals surface area contributed by atoms with E-state index in [4.69, 9.17) is 4.74 Å². The Hall–Kier alpha value is -0.120. The minimum Gasteiger partial charge on any atom is -0.383 e. The average Bonchev–Trinajstić information content (AvgIpc) is 2.88. The number of nitrogens with one attached hydrogen (secondary N) is 1. The van der Waals surface area contributed by atoms with Crippen LogP contribution >= 0.6 is 0 Å². The van der Waals surface area contributed by atoms with Gasteiger partial charge in [-0.3, -0.25) is 0 Å². The molecular weight excluding hydrogens is 188 g/mol. The smallest absolute Gasteiger partial charge is 0.0613 e. The third-order valence-corrected chi connectivity index (χ3v) is 3.42. The molecule has 0 bridgehead atoms. The summed E-state index contributed by atoms with van der Waals surface area (Å²) in [6.45, 7) is 6.89. The zero-order valence-corrected chi connectivity index (χ0v) is 10.0. The molecule has 2 atom stereocenters. The molecule has 1 saturated heterocycles. The van der Waals surface area contributed by atoms with E-state index in [1.54, 1.807) is 7.11 Å². The highest BCUT2D eigenvalue weighted by Gasteiger charge is 2.29. The Balaban J connectivity index is 1.62. The van der Waals surface area contributed by atoms with Crippen molar-refractivity contribution in [2.24, 2.45) is 5.92 Å². The Morgan fingerprint density at radius 3 is 2.87 bits per heavy atom. The van der Waals surface area contributed by atoms with Crippen molar-refractivity contribution in [2.75, 3.05) is 33.4 Å². The number of ether oxygens (including phenoxy) is 1. The van der Waals surface area contributed by atoms with E-state index in [0.717, 1.165) is 12.5 Å². The molecule has 3 heteroatoms. The maximum absolute atomic E-state index is 5.14. The van der Waals surface area contributed by atoms with Gasteiger partial charge in [0.15, 0.2) is 0 Å². The molecule has 0 spiro atoms. The second-order valence-electron chi connectivity index (χ2n) is 5.21. The molecule has 1 heterocycles. The molecule has 0 amide bonds. The zero-order chi connectivity index (χ0) is 10.7. The maximum Gasteiger partial charge on any atom is 0.0613 e. The Kier molecular flexibility index (Phi) is 4.00. The van der Waals surface area contributed by atoms with Crippen molar-refractivity contribution in [3.05, 3.63) is 0 Å². The fourth-order valence-electron chi connectivity index (χ4n) is 2.50. The van der Waals surface area contributed by atoms with E-state index in [1.165, 1.54) is 38.9 Å². The lowest BCUT2D eigenvalue weighted by Gasteiger charge is -2.19. The zero-order valence-electron chi connectivity index (χ0n) is 10.0. The number of hydrogen-bond donors (Lipinski definition) is 1. The molecule has 3 nitrogen and oxygen atoms in total. The van der Waals surface area contributed by atoms with E-state index in [-0.39, 0.29) is 0 Å². The minimum absolute atomic E-state index is 0.487. The quantitative estimate of drug-likeness (QED) is 0.713. The van der Waals surface area contributed by atoms with Crippen molar-refractivity contribution in [1.29, 1.82) is 0 Å². The van der Waals surface area contributed by atoms with Gasteiger partial charge < -0.3 is 15.0 Å². The van der Waals surface area contributed by atoms with Gasteiger partial charge in [-0.2, -0.15) is 0 Å². The van der Waals surface area contributed by atoms with Crippen molar-refractivity contribution in [1.82, 2.24) is 10.2 Å². The molecule has 1 N–H and O–H groups in total. The summed E-state index contributed by atoms with van der Waals surface area (Å²) in [6, 6.07) is 1.18. The monoisotopic (exact) mass is 212 g/mol. The Morgan fingerprint density at radius 1 is 1.40 bits per heavy atom. The molecule has 1 aliphatic carbocycles. The van der Waals surface area contributed by atoms with Gasteiger partial charge in [0, 0.05) is 32.3 Å². The fourth-order valence-corrected chi connectivity index (χ4v) is 2.50. The molecule has 88 valence electrons. The summed E-state index contributed by atoms with van der Waals surface area (Å²) in [5.74, 6) is 1.03. The lowest BCUT2D eigenvalue weighted by molar-refractivity contribution is 0.166. The third-order valence-electron chi connectivity index (χ3n) is 3.42. The number of hydrogen-bond acceptors (Lipinski definition) is 3. The first-order valence-electron chi connectivity index (χ1n) is 6.25. The van der Waals surface area contributed by atoms with E-state index >= 15 is 0 Å². The largest absolute Gasteiger partial charge is 0.383 e. The summed E-state index contributed by atoms with van der Waals surface area (Å²) < 4.78 is 5.14. The van der Waals surface area contributed by atoms with E-state index in [2.05, 4.69) is 17.1 Å². The van der Waals surface area contributed by atoms with Gasteiger partial charge in [0.2, 0.25) is 0 Å². The third kappa shape index (κ3) is 3.74. The van der Waals surface area contributed by atoms with Crippen LogP contribution in [0.15, 0.2) is 0 Å². The number of likely N-dealkylation sites (tertiary alicyclic amines) is 1. The van der Waals surface area contributed by atoms with E-state index in [9.17, 15) is 0 Å². The predicted octanol–water partition coefficient (Wildman–Crippen LogP) is 1.10. The summed E-state index contributed by atoms with van der Waals surface area (Å²) in [5, 5.41) is 3.64. The molecule has 15 heavy (non-hydrogen) atoms. The molecule has 1 saturated carbocycles. The van der Waals surface area contributed by atoms with Crippen LogP contribution in [-0.4, -0.2) is 50.3 Å². The van der Waals surface area contributed by atoms with Crippen molar-refractivity contribution in [2.45, 2.75) is 38.3 Å². The van der Waals surface area contributed by atoms with Gasteiger partial charge in [-0.15, -0.1) is 0 Å². The molecule has 0 aromatic carbocycles. The Morgan fingerprint density at radius 2 is 2.20 bits per heavy atom. The van der Waals surface area contributed by atoms with Gasteiger partial charge >= 0.3 is 0 Å². The van der Waals surface area contributed by atoms with Gasteiger partial charge in [-0.05, 0) is 38.6 Å². The van der Waals surface area contributed by atoms with Crippen molar-refractivity contribution in [3.63, 3.8) is 0 Å². The lowest BCUT2D eigenvalue weighted by atomic mass is 10.2. The van der Waals surface area contributed by atoms with Gasteiger partial charge in [0.25, 0.3) is 0 Å². The molecule has 1 aliphatic heterocycles. The van der Waals surface area contributed by atoms with E-state index < -0.39 is 0 Å². The average molecular weight is 212 g/mol. The van der Waals surface area contributed by atoms with Crippen molar-refractivity contribution >= 4 is 0 Å². The van der Waals surface area contributed by atoms with Crippen LogP contribution in [0.5, 0.6) is 0 Å². The van der Waals surface area contributed by atoms with Crippen LogP contribution in [-0.2, 0) is 4.74 Å². The molecule has 0 aromatic rings. The second-order valence-corrected chi connectivity index (χ2v) is 5.21. The first kappa shape index (κ1) is 11.4. The van der Waals surface area contributed by atoms with Crippen LogP contribution in [0.25, 0.3) is 0 Å². The van der Waals surface area contributed by atoms with E-state index in [1.807, 2.05) is 0 Å². The first-order chi connectivity index (χ1) is 7.28. The van der Waals surface area contributed by atoms with Gasteiger partial charge in [-0.25, -0.2) is 0 Å². The highest BCUT2D eigenvalue weighted by molar-refractivity contribution is 4.86. The van der Waals surface area contributed by atoms with E-state index in [0.29, 0.717) is 12.1 Å². The SMILES string of the molecule is COCC(C)NC1CCN(CC2CC2)C1. The normalized spacial score (nSPS) is 29.6. The van der Waals surface area contributed by atoms with Gasteiger partial charge in [0.05, 0.1) is 6.61 Å². The second kappa shape index (κ2) is 5.28. The summed E-state index contributed by atoms with van der Waals surface area (Å²) in [4.78, 5) is 2.62. The van der Waals surface area contributed by atoms with Crippen molar-refractivity contribution < 1.29 is 4.74 Å². The summed E-state index contributed by atoms with van der Waals surface area (Å²) in [7, 11) is 1.77. The molecule has 0 aromatic heterocycles. The van der Waals surface area contributed by atoms with Crippen LogP contribution in [0, 0.1) is 5.92 Å². The summed E-state index contributed by atoms with van der Waals surface area (Å²) in [6.07, 6.45) is 4.24. The lowest BCUT2D eigenvalue weighted by Crippen LogP contribution is -2.40. The van der Waals surface area contributed by atoms with Crippen LogP contribution in [0.1, 0.15) is 26.2 Å². The summed E-state index contributed by atoms with van der Waals surface area (Å²) >= 11 is 0. The fraction of sp³-hybridized carbons (Fsp3) is 1.00. The summed E-state index contributed by atoms with van der Waals surface area (Å²) in [5.41, 5.74) is 0. The molecular formula is C12H24N2O. The topological polar surface area (TPSA) is 24.5 Å². The Bertz CT molecular complexity index is 194. The molecule has 0 radical (unpaired) electrons. The van der Waals surface area contributed by atoms with Crippen LogP contribution in [0.2, 0.25) is 0 Å². The standard InChI is InChI=1S/C12H24N2O/c1-10(9-15-2)13-12-5-6-14(8-12)7-11-3-4-11/h10-13H,3-9H2,1-2H3. The number of nitrogens with zero attached hydrogens (tertiary/aromatic N) is 1.